The van der Waals surface area contributed by atoms with Gasteiger partial charge >= 0.3 is 0 Å². The van der Waals surface area contributed by atoms with E-state index in [-0.39, 0.29) is 36.7 Å². The molecule has 2 atom stereocenters. The number of ether oxygens (including phenoxy) is 2. The number of rotatable bonds is 5. The predicted molar refractivity (Wildman–Crippen MR) is 127 cm³/mol. The molecule has 34 heavy (non-hydrogen) atoms. The molecule has 2 saturated heterocycles. The van der Waals surface area contributed by atoms with Crippen molar-refractivity contribution in [2.75, 3.05) is 26.2 Å². The molecule has 3 heterocycles. The van der Waals surface area contributed by atoms with Gasteiger partial charge in [-0.05, 0) is 45.2 Å². The Morgan fingerprint density at radius 2 is 1.74 bits per heavy atom. The first-order valence-corrected chi connectivity index (χ1v) is 12.5. The monoisotopic (exact) mass is 466 g/mol. The van der Waals surface area contributed by atoms with E-state index in [2.05, 4.69) is 5.10 Å². The van der Waals surface area contributed by atoms with Crippen molar-refractivity contribution < 1.29 is 19.1 Å². The predicted octanol–water partition coefficient (Wildman–Crippen LogP) is 2.69. The van der Waals surface area contributed by atoms with Crippen molar-refractivity contribution in [1.82, 2.24) is 19.6 Å². The summed E-state index contributed by atoms with van der Waals surface area (Å²) in [6.07, 6.45) is 4.50. The summed E-state index contributed by atoms with van der Waals surface area (Å²) in [5.74, 6) is 0.897. The number of fused-ring (bicyclic) bond motifs is 1. The first-order chi connectivity index (χ1) is 16.5. The number of hydrogen-bond donors (Lipinski definition) is 0. The fraction of sp³-hybridized carbons (Fsp3) is 0.577. The molecule has 8 heteroatoms. The van der Waals surface area contributed by atoms with Crippen LogP contribution >= 0.6 is 0 Å². The van der Waals surface area contributed by atoms with Crippen LogP contribution in [0.5, 0.6) is 5.75 Å². The molecule has 0 spiro atoms. The molecule has 1 aromatic carbocycles. The van der Waals surface area contributed by atoms with E-state index in [0.29, 0.717) is 31.9 Å². The Morgan fingerprint density at radius 3 is 2.44 bits per heavy atom. The number of morpholine rings is 1. The van der Waals surface area contributed by atoms with Crippen LogP contribution < -0.4 is 4.74 Å². The highest BCUT2D eigenvalue weighted by Crippen LogP contribution is 2.27. The smallest absolute Gasteiger partial charge is 0.274 e. The van der Waals surface area contributed by atoms with Crippen molar-refractivity contribution in [3.05, 3.63) is 47.3 Å². The highest BCUT2D eigenvalue weighted by Gasteiger charge is 2.33. The van der Waals surface area contributed by atoms with Gasteiger partial charge in [0.1, 0.15) is 18.4 Å². The maximum absolute atomic E-state index is 13.3. The molecular formula is C26H34N4O4. The van der Waals surface area contributed by atoms with Gasteiger partial charge in [-0.1, -0.05) is 18.2 Å². The minimum absolute atomic E-state index is 0.0122. The van der Waals surface area contributed by atoms with Crippen LogP contribution in [-0.2, 0) is 28.9 Å². The van der Waals surface area contributed by atoms with E-state index < -0.39 is 0 Å². The van der Waals surface area contributed by atoms with Gasteiger partial charge in [0.2, 0.25) is 5.91 Å². The molecule has 2 aromatic rings. The normalized spacial score (nSPS) is 23.1. The van der Waals surface area contributed by atoms with Crippen molar-refractivity contribution in [1.29, 1.82) is 0 Å². The Hall–Kier alpha value is -2.87. The highest BCUT2D eigenvalue weighted by molar-refractivity contribution is 5.94. The third kappa shape index (κ3) is 4.82. The highest BCUT2D eigenvalue weighted by atomic mass is 16.5. The van der Waals surface area contributed by atoms with E-state index >= 15 is 0 Å². The molecule has 2 amide bonds. The molecule has 182 valence electrons. The van der Waals surface area contributed by atoms with Crippen LogP contribution in [0.3, 0.4) is 0 Å². The average Bonchev–Trinajstić information content (AvgIpc) is 3.43. The minimum Gasteiger partial charge on any atom is -0.490 e. The van der Waals surface area contributed by atoms with Gasteiger partial charge in [0, 0.05) is 50.3 Å². The van der Waals surface area contributed by atoms with E-state index in [4.69, 9.17) is 9.47 Å². The second-order valence-electron chi connectivity index (χ2n) is 9.76. The molecule has 0 bridgehead atoms. The lowest BCUT2D eigenvalue weighted by atomic mass is 10.1. The van der Waals surface area contributed by atoms with Crippen molar-refractivity contribution in [3.63, 3.8) is 0 Å². The van der Waals surface area contributed by atoms with E-state index in [1.807, 2.05) is 54.0 Å². The van der Waals surface area contributed by atoms with E-state index in [1.165, 1.54) is 0 Å². The van der Waals surface area contributed by atoms with Gasteiger partial charge in [-0.3, -0.25) is 14.3 Å². The number of para-hydroxylation sites is 1. The Labute approximate surface area is 200 Å². The van der Waals surface area contributed by atoms with Crippen LogP contribution in [-0.4, -0.2) is 75.9 Å². The summed E-state index contributed by atoms with van der Waals surface area (Å²) in [6, 6.07) is 9.84. The molecule has 3 aliphatic rings. The first kappa shape index (κ1) is 22.9. The van der Waals surface area contributed by atoms with E-state index in [9.17, 15) is 9.59 Å². The van der Waals surface area contributed by atoms with Crippen LogP contribution in [0.2, 0.25) is 0 Å². The fourth-order valence-electron chi connectivity index (χ4n) is 5.45. The van der Waals surface area contributed by atoms with Crippen molar-refractivity contribution in [3.8, 4) is 5.75 Å². The lowest BCUT2D eigenvalue weighted by Gasteiger charge is -2.35. The van der Waals surface area contributed by atoms with Crippen LogP contribution in [0.15, 0.2) is 30.3 Å². The molecule has 8 nitrogen and oxygen atoms in total. The lowest BCUT2D eigenvalue weighted by Crippen LogP contribution is -2.48. The van der Waals surface area contributed by atoms with Crippen molar-refractivity contribution in [2.24, 2.45) is 0 Å². The van der Waals surface area contributed by atoms with Gasteiger partial charge in [-0.15, -0.1) is 0 Å². The average molecular weight is 467 g/mol. The molecule has 2 aliphatic heterocycles. The summed E-state index contributed by atoms with van der Waals surface area (Å²) in [5, 5.41) is 4.68. The number of aromatic nitrogens is 2. The zero-order valence-corrected chi connectivity index (χ0v) is 20.1. The molecule has 1 aromatic heterocycles. The van der Waals surface area contributed by atoms with Gasteiger partial charge in [0.25, 0.3) is 5.91 Å². The minimum atomic E-state index is -0.0368. The maximum Gasteiger partial charge on any atom is 0.274 e. The number of carbonyl (C=O) groups is 2. The second kappa shape index (κ2) is 9.78. The third-order valence-corrected chi connectivity index (χ3v) is 7.04. The fourth-order valence-corrected chi connectivity index (χ4v) is 5.45. The number of carbonyl (C=O) groups excluding carboxylic acids is 2. The van der Waals surface area contributed by atoms with Gasteiger partial charge < -0.3 is 19.3 Å². The van der Waals surface area contributed by atoms with Crippen molar-refractivity contribution >= 4 is 11.8 Å². The quantitative estimate of drug-likeness (QED) is 0.677. The molecule has 1 aliphatic carbocycles. The van der Waals surface area contributed by atoms with Crippen LogP contribution in [0.4, 0.5) is 0 Å². The number of piperidine rings is 1. The van der Waals surface area contributed by atoms with Crippen LogP contribution in [0.1, 0.15) is 54.9 Å². The second-order valence-corrected chi connectivity index (χ2v) is 9.76. The Balaban J connectivity index is 1.22. The molecule has 0 saturated carbocycles. The Kier molecular flexibility index (Phi) is 6.59. The molecule has 5 rings (SSSR count). The zero-order chi connectivity index (χ0) is 23.7. The maximum atomic E-state index is 13.3. The third-order valence-electron chi connectivity index (χ3n) is 7.04. The van der Waals surface area contributed by atoms with Gasteiger partial charge in [-0.25, -0.2) is 0 Å². The number of amides is 2. The Bertz CT molecular complexity index is 1020. The molecule has 0 radical (unpaired) electrons. The zero-order valence-electron chi connectivity index (χ0n) is 20.1. The number of hydrogen-bond acceptors (Lipinski definition) is 5. The van der Waals surface area contributed by atoms with Crippen molar-refractivity contribution in [2.45, 2.75) is 70.8 Å². The van der Waals surface area contributed by atoms with Gasteiger partial charge in [0.15, 0.2) is 5.69 Å². The number of benzene rings is 1. The number of nitrogens with zero attached hydrogens (tertiary/aromatic N) is 4. The largest absolute Gasteiger partial charge is 0.490 e. The standard InChI is InChI=1S/C26H34N4O4/c1-18-15-29(16-19(2)33-18)26(32)25-22-9-6-10-23(22)30(27-25)17-24(31)28-13-11-21(12-14-28)34-20-7-4-3-5-8-20/h3-5,7-8,18-19,21H,6,9-17H2,1-2H3/t18-,19+. The molecular weight excluding hydrogens is 432 g/mol. The topological polar surface area (TPSA) is 76.9 Å². The lowest BCUT2D eigenvalue weighted by molar-refractivity contribution is -0.133. The van der Waals surface area contributed by atoms with E-state index in [0.717, 1.165) is 49.1 Å². The summed E-state index contributed by atoms with van der Waals surface area (Å²) < 4.78 is 13.6. The summed E-state index contributed by atoms with van der Waals surface area (Å²) in [5.41, 5.74) is 2.60. The van der Waals surface area contributed by atoms with Gasteiger partial charge in [0.05, 0.1) is 12.2 Å². The summed E-state index contributed by atoms with van der Waals surface area (Å²) in [7, 11) is 0. The van der Waals surface area contributed by atoms with Crippen LogP contribution in [0, 0.1) is 0 Å². The molecule has 0 N–H and O–H groups in total. The van der Waals surface area contributed by atoms with Crippen LogP contribution in [0.25, 0.3) is 0 Å². The Morgan fingerprint density at radius 1 is 1.03 bits per heavy atom. The molecule has 2 fully saturated rings. The van der Waals surface area contributed by atoms with E-state index in [1.54, 1.807) is 4.68 Å². The summed E-state index contributed by atoms with van der Waals surface area (Å²) in [6.45, 7) is 6.67. The number of likely N-dealkylation sites (tertiary alicyclic amines) is 1. The SMILES string of the molecule is C[C@@H]1CN(C(=O)c2nn(CC(=O)N3CCC(Oc4ccccc4)CC3)c3c2CCC3)C[C@H](C)O1. The summed E-state index contributed by atoms with van der Waals surface area (Å²) >= 11 is 0. The molecule has 0 unspecified atom stereocenters. The first-order valence-electron chi connectivity index (χ1n) is 12.5. The summed E-state index contributed by atoms with van der Waals surface area (Å²) in [4.78, 5) is 30.2. The van der Waals surface area contributed by atoms with Gasteiger partial charge in [-0.2, -0.15) is 5.10 Å².